The summed E-state index contributed by atoms with van der Waals surface area (Å²) in [5.41, 5.74) is 0.486. The Morgan fingerprint density at radius 3 is 2.56 bits per heavy atom. The van der Waals surface area contributed by atoms with Crippen LogP contribution in [-0.4, -0.2) is 20.8 Å². The maximum absolute atomic E-state index is 12.6. The number of hydrogen-bond acceptors (Lipinski definition) is 3. The Morgan fingerprint density at radius 2 is 1.89 bits per heavy atom. The fourth-order valence-electron chi connectivity index (χ4n) is 2.40. The Morgan fingerprint density at radius 1 is 1.15 bits per heavy atom. The molecule has 9 heteroatoms. The second kappa shape index (κ2) is 7.48. The lowest BCUT2D eigenvalue weighted by atomic mass is 10.2. The van der Waals surface area contributed by atoms with E-state index in [9.17, 15) is 18.0 Å². The number of anilines is 2. The average molecular weight is 375 g/mol. The topological polar surface area (TPSA) is 71.8 Å². The van der Waals surface area contributed by atoms with Crippen molar-refractivity contribution in [3.8, 4) is 0 Å². The van der Waals surface area contributed by atoms with Gasteiger partial charge in [0.1, 0.15) is 5.69 Å². The van der Waals surface area contributed by atoms with Crippen LogP contribution in [0, 0.1) is 6.92 Å². The van der Waals surface area contributed by atoms with E-state index in [1.807, 2.05) is 30.3 Å². The fraction of sp³-hybridized carbons (Fsp3) is 0.167. The minimum atomic E-state index is -4.53. The van der Waals surface area contributed by atoms with Crippen molar-refractivity contribution in [3.05, 3.63) is 71.7 Å². The summed E-state index contributed by atoms with van der Waals surface area (Å²) in [6, 6.07) is 11.6. The smallest absolute Gasteiger partial charge is 0.306 e. The number of hydrogen-bond donors (Lipinski definition) is 2. The van der Waals surface area contributed by atoms with Crippen LogP contribution in [0.5, 0.6) is 0 Å². The molecule has 0 saturated heterocycles. The molecule has 2 N–H and O–H groups in total. The molecule has 0 radical (unpaired) electrons. The predicted molar refractivity (Wildman–Crippen MR) is 94.4 cm³/mol. The first kappa shape index (κ1) is 18.4. The third-order valence-corrected chi connectivity index (χ3v) is 3.72. The summed E-state index contributed by atoms with van der Waals surface area (Å²) in [5, 5.41) is 9.24. The molecule has 3 aromatic rings. The van der Waals surface area contributed by atoms with E-state index < -0.39 is 17.9 Å². The number of amides is 2. The minimum absolute atomic E-state index is 0.184. The first-order valence-electron chi connectivity index (χ1n) is 8.00. The van der Waals surface area contributed by atoms with E-state index >= 15 is 0 Å². The number of nitrogens with zero attached hydrogens (tertiary/aromatic N) is 3. The molecule has 0 saturated carbocycles. The highest BCUT2D eigenvalue weighted by atomic mass is 19.4. The van der Waals surface area contributed by atoms with E-state index in [1.54, 1.807) is 16.9 Å². The summed E-state index contributed by atoms with van der Waals surface area (Å²) >= 11 is 0. The second-order valence-corrected chi connectivity index (χ2v) is 5.85. The van der Waals surface area contributed by atoms with Gasteiger partial charge in [0.05, 0.1) is 18.4 Å². The van der Waals surface area contributed by atoms with E-state index in [0.717, 1.165) is 17.8 Å². The number of aryl methyl sites for hydroxylation is 1. The van der Waals surface area contributed by atoms with Crippen molar-refractivity contribution in [1.82, 2.24) is 14.8 Å². The molecule has 0 bridgehead atoms. The quantitative estimate of drug-likeness (QED) is 0.714. The first-order valence-corrected chi connectivity index (χ1v) is 8.00. The van der Waals surface area contributed by atoms with Crippen LogP contribution in [0.3, 0.4) is 0 Å². The number of urea groups is 1. The summed E-state index contributed by atoms with van der Waals surface area (Å²) in [6.07, 6.45) is -1.84. The molecule has 27 heavy (non-hydrogen) atoms. The summed E-state index contributed by atoms with van der Waals surface area (Å²) in [5.74, 6) is 0.320. The van der Waals surface area contributed by atoms with E-state index in [0.29, 0.717) is 12.4 Å². The van der Waals surface area contributed by atoms with E-state index in [-0.39, 0.29) is 11.3 Å². The number of halogens is 3. The summed E-state index contributed by atoms with van der Waals surface area (Å²) in [7, 11) is 0. The summed E-state index contributed by atoms with van der Waals surface area (Å²) < 4.78 is 39.6. The zero-order valence-corrected chi connectivity index (χ0v) is 14.3. The maximum atomic E-state index is 12.6. The van der Waals surface area contributed by atoms with Crippen molar-refractivity contribution in [2.24, 2.45) is 0 Å². The Bertz CT molecular complexity index is 938. The number of rotatable bonds is 4. The molecule has 2 aromatic heterocycles. The molecule has 6 nitrogen and oxygen atoms in total. The lowest BCUT2D eigenvalue weighted by Gasteiger charge is -2.11. The molecule has 3 rings (SSSR count). The number of carbonyl (C=O) groups is 1. The maximum Gasteiger partial charge on any atom is 0.433 e. The largest absolute Gasteiger partial charge is 0.433 e. The molecular weight excluding hydrogens is 359 g/mol. The highest BCUT2D eigenvalue weighted by Gasteiger charge is 2.32. The Labute approximate surface area is 153 Å². The zero-order chi connectivity index (χ0) is 19.4. The van der Waals surface area contributed by atoms with Gasteiger partial charge in [-0.2, -0.15) is 18.3 Å². The van der Waals surface area contributed by atoms with Gasteiger partial charge in [-0.05, 0) is 24.1 Å². The van der Waals surface area contributed by atoms with Crippen molar-refractivity contribution in [2.45, 2.75) is 19.6 Å². The molecule has 2 heterocycles. The van der Waals surface area contributed by atoms with E-state index in [1.165, 1.54) is 6.92 Å². The standard InChI is InChI=1S/C18H16F3N5O/c1-12-9-15(18(19,20)21)22-10-14(12)23-17(27)24-16-7-8-26(25-16)11-13-5-3-2-4-6-13/h2-10H,11H2,1H3,(H2,23,24,25,27). The third kappa shape index (κ3) is 4.84. The summed E-state index contributed by atoms with van der Waals surface area (Å²) in [4.78, 5) is 15.4. The Kier molecular flexibility index (Phi) is 5.11. The predicted octanol–water partition coefficient (Wildman–Crippen LogP) is 4.30. The number of pyridine rings is 1. The van der Waals surface area contributed by atoms with Crippen LogP contribution in [-0.2, 0) is 12.7 Å². The molecule has 140 valence electrons. The number of carbonyl (C=O) groups excluding carboxylic acids is 1. The van der Waals surface area contributed by atoms with Gasteiger partial charge >= 0.3 is 12.2 Å². The highest BCUT2D eigenvalue weighted by molar-refractivity contribution is 5.99. The van der Waals surface area contributed by atoms with E-state index in [4.69, 9.17) is 0 Å². The van der Waals surface area contributed by atoms with Gasteiger partial charge in [0.15, 0.2) is 5.82 Å². The molecule has 2 amide bonds. The summed E-state index contributed by atoms with van der Waals surface area (Å²) in [6.45, 7) is 2.01. The average Bonchev–Trinajstić information content (AvgIpc) is 3.03. The molecular formula is C18H16F3N5O. The van der Waals surface area contributed by atoms with Gasteiger partial charge in [0.25, 0.3) is 0 Å². The molecule has 0 aliphatic carbocycles. The minimum Gasteiger partial charge on any atom is -0.306 e. The molecule has 0 spiro atoms. The second-order valence-electron chi connectivity index (χ2n) is 5.85. The molecule has 0 unspecified atom stereocenters. The molecule has 0 fully saturated rings. The van der Waals surface area contributed by atoms with Crippen LogP contribution in [0.2, 0.25) is 0 Å². The van der Waals surface area contributed by atoms with Crippen molar-refractivity contribution in [2.75, 3.05) is 10.6 Å². The van der Waals surface area contributed by atoms with Gasteiger partial charge in [-0.3, -0.25) is 10.00 Å². The third-order valence-electron chi connectivity index (χ3n) is 3.72. The lowest BCUT2D eigenvalue weighted by Crippen LogP contribution is -2.21. The number of alkyl halides is 3. The van der Waals surface area contributed by atoms with Crippen molar-refractivity contribution >= 4 is 17.5 Å². The molecule has 0 aliphatic heterocycles. The SMILES string of the molecule is Cc1cc(C(F)(F)F)ncc1NC(=O)Nc1ccn(Cc2ccccc2)n1. The molecule has 0 atom stereocenters. The van der Waals surface area contributed by atoms with Gasteiger partial charge in [-0.15, -0.1) is 0 Å². The van der Waals surface area contributed by atoms with Crippen LogP contribution >= 0.6 is 0 Å². The van der Waals surface area contributed by atoms with Gasteiger partial charge in [-0.25, -0.2) is 9.78 Å². The van der Waals surface area contributed by atoms with Gasteiger partial charge in [0.2, 0.25) is 0 Å². The van der Waals surface area contributed by atoms with Crippen LogP contribution in [0.15, 0.2) is 54.9 Å². The van der Waals surface area contributed by atoms with Gasteiger partial charge < -0.3 is 5.32 Å². The monoisotopic (exact) mass is 375 g/mol. The number of nitrogens with one attached hydrogen (secondary N) is 2. The first-order chi connectivity index (χ1) is 12.8. The van der Waals surface area contributed by atoms with Crippen LogP contribution in [0.4, 0.5) is 29.5 Å². The normalized spacial score (nSPS) is 11.3. The van der Waals surface area contributed by atoms with Crippen molar-refractivity contribution in [3.63, 3.8) is 0 Å². The van der Waals surface area contributed by atoms with Crippen molar-refractivity contribution in [1.29, 1.82) is 0 Å². The number of aromatic nitrogens is 3. The Balaban J connectivity index is 1.61. The van der Waals surface area contributed by atoms with Crippen LogP contribution in [0.25, 0.3) is 0 Å². The lowest BCUT2D eigenvalue weighted by molar-refractivity contribution is -0.141. The van der Waals surface area contributed by atoms with Gasteiger partial charge in [-0.1, -0.05) is 30.3 Å². The van der Waals surface area contributed by atoms with Crippen molar-refractivity contribution < 1.29 is 18.0 Å². The molecule has 0 aliphatic rings. The fourth-order valence-corrected chi connectivity index (χ4v) is 2.40. The Hall–Kier alpha value is -3.36. The zero-order valence-electron chi connectivity index (χ0n) is 14.3. The van der Waals surface area contributed by atoms with Crippen LogP contribution < -0.4 is 10.6 Å². The van der Waals surface area contributed by atoms with Gasteiger partial charge in [0, 0.05) is 12.3 Å². The van der Waals surface area contributed by atoms with E-state index in [2.05, 4.69) is 20.7 Å². The highest BCUT2D eigenvalue weighted by Crippen LogP contribution is 2.29. The number of benzene rings is 1. The van der Waals surface area contributed by atoms with Crippen LogP contribution in [0.1, 0.15) is 16.8 Å². The molecule has 1 aromatic carbocycles.